The molecule has 2 aromatic rings. The van der Waals surface area contributed by atoms with E-state index in [-0.39, 0.29) is 5.97 Å². The van der Waals surface area contributed by atoms with Crippen LogP contribution in [0.5, 0.6) is 0 Å². The number of H-pyrrole nitrogens is 1. The standard InChI is InChI=1S/C14H19N3O2/c1-2-19-14(18)4-3-7-15-9-11-5-6-12-10-16-17-13(12)8-11/h5-6,8,10,15H,2-4,7,9H2,1H3,(H,16,17). The van der Waals surface area contributed by atoms with E-state index in [0.717, 1.165) is 30.4 Å². The van der Waals surface area contributed by atoms with Crippen molar-refractivity contribution in [3.8, 4) is 0 Å². The number of hydrogen-bond acceptors (Lipinski definition) is 4. The lowest BCUT2D eigenvalue weighted by Gasteiger charge is -2.05. The molecule has 1 aromatic carbocycles. The molecule has 0 aliphatic carbocycles. The summed E-state index contributed by atoms with van der Waals surface area (Å²) in [6, 6.07) is 6.21. The molecule has 0 spiro atoms. The van der Waals surface area contributed by atoms with Crippen molar-refractivity contribution < 1.29 is 9.53 Å². The summed E-state index contributed by atoms with van der Waals surface area (Å²) in [5.74, 6) is -0.122. The van der Waals surface area contributed by atoms with Crippen molar-refractivity contribution in [1.82, 2.24) is 15.5 Å². The summed E-state index contributed by atoms with van der Waals surface area (Å²) in [6.07, 6.45) is 3.08. The van der Waals surface area contributed by atoms with Crippen molar-refractivity contribution in [3.63, 3.8) is 0 Å². The van der Waals surface area contributed by atoms with E-state index in [0.29, 0.717) is 13.0 Å². The number of benzene rings is 1. The van der Waals surface area contributed by atoms with Crippen molar-refractivity contribution in [2.75, 3.05) is 13.2 Å². The zero-order valence-electron chi connectivity index (χ0n) is 11.1. The number of rotatable bonds is 7. The monoisotopic (exact) mass is 261 g/mol. The van der Waals surface area contributed by atoms with Crippen LogP contribution in [0.3, 0.4) is 0 Å². The molecule has 0 aliphatic heterocycles. The Morgan fingerprint density at radius 3 is 3.21 bits per heavy atom. The molecular formula is C14H19N3O2. The summed E-state index contributed by atoms with van der Waals surface area (Å²) in [4.78, 5) is 11.1. The summed E-state index contributed by atoms with van der Waals surface area (Å²) in [6.45, 7) is 3.87. The van der Waals surface area contributed by atoms with Gasteiger partial charge >= 0.3 is 5.97 Å². The van der Waals surface area contributed by atoms with Gasteiger partial charge in [-0.2, -0.15) is 5.10 Å². The van der Waals surface area contributed by atoms with E-state index >= 15 is 0 Å². The second kappa shape index (κ2) is 6.89. The van der Waals surface area contributed by atoms with Gasteiger partial charge < -0.3 is 10.1 Å². The lowest BCUT2D eigenvalue weighted by atomic mass is 10.1. The van der Waals surface area contributed by atoms with Gasteiger partial charge in [0.15, 0.2) is 0 Å². The zero-order valence-corrected chi connectivity index (χ0v) is 11.1. The maximum absolute atomic E-state index is 11.1. The van der Waals surface area contributed by atoms with Crippen LogP contribution in [0, 0.1) is 0 Å². The first-order valence-electron chi connectivity index (χ1n) is 6.58. The smallest absolute Gasteiger partial charge is 0.305 e. The maximum Gasteiger partial charge on any atom is 0.305 e. The van der Waals surface area contributed by atoms with E-state index in [1.807, 2.05) is 13.1 Å². The summed E-state index contributed by atoms with van der Waals surface area (Å²) in [7, 11) is 0. The Morgan fingerprint density at radius 2 is 2.37 bits per heavy atom. The summed E-state index contributed by atoms with van der Waals surface area (Å²) >= 11 is 0. The third kappa shape index (κ3) is 4.06. The van der Waals surface area contributed by atoms with Gasteiger partial charge in [0.1, 0.15) is 0 Å². The molecule has 0 saturated carbocycles. The van der Waals surface area contributed by atoms with Gasteiger partial charge in [-0.05, 0) is 31.5 Å². The molecule has 0 radical (unpaired) electrons. The van der Waals surface area contributed by atoms with Crippen molar-refractivity contribution in [3.05, 3.63) is 30.0 Å². The average molecular weight is 261 g/mol. The molecule has 0 fully saturated rings. The highest BCUT2D eigenvalue weighted by atomic mass is 16.5. The van der Waals surface area contributed by atoms with E-state index in [1.54, 1.807) is 0 Å². The molecule has 5 heteroatoms. The molecule has 0 amide bonds. The SMILES string of the molecule is CCOC(=O)CCCNCc1ccc2cn[nH]c2c1. The van der Waals surface area contributed by atoms with Crippen LogP contribution in [-0.2, 0) is 16.1 Å². The average Bonchev–Trinajstić information content (AvgIpc) is 2.86. The van der Waals surface area contributed by atoms with E-state index in [9.17, 15) is 4.79 Å². The Kier molecular flexibility index (Phi) is 4.92. The molecule has 1 heterocycles. The van der Waals surface area contributed by atoms with Crippen LogP contribution in [0.25, 0.3) is 10.9 Å². The molecule has 0 saturated heterocycles. The Morgan fingerprint density at radius 1 is 1.47 bits per heavy atom. The van der Waals surface area contributed by atoms with Crippen LogP contribution < -0.4 is 5.32 Å². The normalized spacial score (nSPS) is 10.8. The predicted octanol–water partition coefficient (Wildman–Crippen LogP) is 2.00. The molecule has 0 unspecified atom stereocenters. The second-order valence-electron chi connectivity index (χ2n) is 4.38. The molecule has 0 bridgehead atoms. The van der Waals surface area contributed by atoms with Gasteiger partial charge in [0.2, 0.25) is 0 Å². The fraction of sp³-hybridized carbons (Fsp3) is 0.429. The molecule has 5 nitrogen and oxygen atoms in total. The van der Waals surface area contributed by atoms with Crippen LogP contribution in [0.1, 0.15) is 25.3 Å². The molecule has 19 heavy (non-hydrogen) atoms. The van der Waals surface area contributed by atoms with Crippen molar-refractivity contribution >= 4 is 16.9 Å². The van der Waals surface area contributed by atoms with Gasteiger partial charge in [-0.1, -0.05) is 12.1 Å². The van der Waals surface area contributed by atoms with E-state index in [2.05, 4.69) is 33.7 Å². The van der Waals surface area contributed by atoms with Crippen molar-refractivity contribution in [2.24, 2.45) is 0 Å². The molecule has 0 aliphatic rings. The van der Waals surface area contributed by atoms with Gasteiger partial charge in [-0.25, -0.2) is 0 Å². The topological polar surface area (TPSA) is 67.0 Å². The van der Waals surface area contributed by atoms with Gasteiger partial charge in [0.05, 0.1) is 18.3 Å². The number of nitrogens with zero attached hydrogens (tertiary/aromatic N) is 1. The number of aromatic nitrogens is 2. The van der Waals surface area contributed by atoms with E-state index in [4.69, 9.17) is 4.74 Å². The lowest BCUT2D eigenvalue weighted by Crippen LogP contribution is -2.16. The van der Waals surface area contributed by atoms with Crippen LogP contribution in [0.4, 0.5) is 0 Å². The van der Waals surface area contributed by atoms with Gasteiger partial charge in [-0.3, -0.25) is 9.89 Å². The highest BCUT2D eigenvalue weighted by Crippen LogP contribution is 2.12. The molecule has 0 atom stereocenters. The number of hydrogen-bond donors (Lipinski definition) is 2. The summed E-state index contributed by atoms with van der Waals surface area (Å²) < 4.78 is 4.87. The van der Waals surface area contributed by atoms with Gasteiger partial charge in [0.25, 0.3) is 0 Å². The third-order valence-electron chi connectivity index (χ3n) is 2.88. The third-order valence-corrected chi connectivity index (χ3v) is 2.88. The molecule has 1 aromatic heterocycles. The Bertz CT molecular complexity index is 536. The molecular weight excluding hydrogens is 242 g/mol. The van der Waals surface area contributed by atoms with E-state index in [1.165, 1.54) is 5.56 Å². The first-order valence-corrected chi connectivity index (χ1v) is 6.58. The second-order valence-corrected chi connectivity index (χ2v) is 4.38. The van der Waals surface area contributed by atoms with Gasteiger partial charge in [-0.15, -0.1) is 0 Å². The lowest BCUT2D eigenvalue weighted by molar-refractivity contribution is -0.143. The quantitative estimate of drug-likeness (QED) is 0.591. The van der Waals surface area contributed by atoms with Gasteiger partial charge in [0, 0.05) is 18.4 Å². The molecule has 2 rings (SSSR count). The number of carbonyl (C=O) groups excluding carboxylic acids is 1. The van der Waals surface area contributed by atoms with Crippen LogP contribution in [0.15, 0.2) is 24.4 Å². The van der Waals surface area contributed by atoms with Crippen molar-refractivity contribution in [2.45, 2.75) is 26.3 Å². The fourth-order valence-corrected chi connectivity index (χ4v) is 1.92. The summed E-state index contributed by atoms with van der Waals surface area (Å²) in [5.41, 5.74) is 2.25. The van der Waals surface area contributed by atoms with E-state index < -0.39 is 0 Å². The number of fused-ring (bicyclic) bond motifs is 1. The number of nitrogens with one attached hydrogen (secondary N) is 2. The number of esters is 1. The Labute approximate surface area is 112 Å². The molecule has 102 valence electrons. The molecule has 2 N–H and O–H groups in total. The first-order chi connectivity index (χ1) is 9.29. The Balaban J connectivity index is 1.69. The number of aromatic amines is 1. The first kappa shape index (κ1) is 13.5. The number of carbonyl (C=O) groups is 1. The zero-order chi connectivity index (χ0) is 13.5. The van der Waals surface area contributed by atoms with Crippen LogP contribution >= 0.6 is 0 Å². The highest BCUT2D eigenvalue weighted by molar-refractivity contribution is 5.78. The maximum atomic E-state index is 11.1. The minimum absolute atomic E-state index is 0.122. The Hall–Kier alpha value is -1.88. The van der Waals surface area contributed by atoms with Crippen molar-refractivity contribution in [1.29, 1.82) is 0 Å². The minimum atomic E-state index is -0.122. The number of ether oxygens (including phenoxy) is 1. The minimum Gasteiger partial charge on any atom is -0.466 e. The largest absolute Gasteiger partial charge is 0.466 e. The summed E-state index contributed by atoms with van der Waals surface area (Å²) in [5, 5.41) is 11.4. The predicted molar refractivity (Wildman–Crippen MR) is 73.7 cm³/mol. The highest BCUT2D eigenvalue weighted by Gasteiger charge is 2.01. The van der Waals surface area contributed by atoms with Crippen LogP contribution in [0.2, 0.25) is 0 Å². The van der Waals surface area contributed by atoms with Crippen LogP contribution in [-0.4, -0.2) is 29.3 Å². The fourth-order valence-electron chi connectivity index (χ4n) is 1.92.